The summed E-state index contributed by atoms with van der Waals surface area (Å²) in [7, 11) is 0. The number of halogens is 1. The summed E-state index contributed by atoms with van der Waals surface area (Å²) in [4.78, 5) is 37.6. The molecule has 0 radical (unpaired) electrons. The quantitative estimate of drug-likeness (QED) is 0.348. The molecular weight excluding hydrogens is 344 g/mol. The number of anilines is 1. The van der Waals surface area contributed by atoms with Crippen LogP contribution in [0.5, 0.6) is 0 Å². The maximum Gasteiger partial charge on any atom is 0.289 e. The Morgan fingerprint density at radius 2 is 1.72 bits per heavy atom. The van der Waals surface area contributed by atoms with Gasteiger partial charge in [-0.3, -0.25) is 19.7 Å². The van der Waals surface area contributed by atoms with Crippen molar-refractivity contribution in [3.05, 3.63) is 44.5 Å². The second-order valence-electron chi connectivity index (χ2n) is 7.20. The molecule has 7 heteroatoms. The van der Waals surface area contributed by atoms with Crippen LogP contribution in [-0.2, 0) is 9.59 Å². The van der Waals surface area contributed by atoms with E-state index in [4.69, 9.17) is 11.6 Å². The lowest BCUT2D eigenvalue weighted by molar-refractivity contribution is -0.384. The predicted molar refractivity (Wildman–Crippen MR) is 92.2 cm³/mol. The predicted octanol–water partition coefficient (Wildman–Crippen LogP) is 3.73. The van der Waals surface area contributed by atoms with Crippen LogP contribution in [-0.4, -0.2) is 16.7 Å². The number of fused-ring (bicyclic) bond motifs is 5. The first kappa shape index (κ1) is 16.3. The number of benzene rings is 1. The molecule has 1 heterocycles. The van der Waals surface area contributed by atoms with Crippen molar-refractivity contribution in [1.82, 2.24) is 0 Å². The highest BCUT2D eigenvalue weighted by molar-refractivity contribution is 6.33. The molecule has 130 valence electrons. The molecule has 1 aromatic rings. The third-order valence-corrected chi connectivity index (χ3v) is 6.13. The van der Waals surface area contributed by atoms with E-state index in [1.165, 1.54) is 29.3 Å². The highest BCUT2D eigenvalue weighted by Crippen LogP contribution is 2.60. The fourth-order valence-electron chi connectivity index (χ4n) is 5.03. The Labute approximate surface area is 149 Å². The molecular formula is C18H17ClN2O4. The van der Waals surface area contributed by atoms with Crippen LogP contribution in [0.4, 0.5) is 11.4 Å². The van der Waals surface area contributed by atoms with Gasteiger partial charge in [0, 0.05) is 6.07 Å². The van der Waals surface area contributed by atoms with E-state index in [1.54, 1.807) is 0 Å². The number of nitro benzene ring substituents is 1. The SMILES string of the molecule is CC(C)=C1[C@H]2CC[C@H]1[C@H]1C(=O)N(c3ccc(Cl)c([N+](=O)[O-])c3)C(=O)[C@H]12. The maximum atomic E-state index is 13.0. The number of carbonyl (C=O) groups excluding carboxylic acids is 2. The smallest absolute Gasteiger partial charge is 0.274 e. The van der Waals surface area contributed by atoms with Crippen molar-refractivity contribution >= 4 is 34.8 Å². The van der Waals surface area contributed by atoms with Crippen molar-refractivity contribution in [1.29, 1.82) is 0 Å². The second kappa shape index (κ2) is 5.39. The Morgan fingerprint density at radius 1 is 1.16 bits per heavy atom. The minimum absolute atomic E-state index is 0.0139. The van der Waals surface area contributed by atoms with Gasteiger partial charge >= 0.3 is 0 Å². The van der Waals surface area contributed by atoms with Gasteiger partial charge in [-0.1, -0.05) is 22.7 Å². The second-order valence-corrected chi connectivity index (χ2v) is 7.61. The molecule has 4 rings (SSSR count). The lowest BCUT2D eigenvalue weighted by atomic mass is 9.81. The van der Waals surface area contributed by atoms with Crippen LogP contribution in [0, 0.1) is 33.8 Å². The Kier molecular flexibility index (Phi) is 3.51. The highest BCUT2D eigenvalue weighted by atomic mass is 35.5. The molecule has 1 saturated heterocycles. The van der Waals surface area contributed by atoms with Gasteiger partial charge in [-0.15, -0.1) is 0 Å². The molecule has 1 aromatic carbocycles. The molecule has 6 nitrogen and oxygen atoms in total. The van der Waals surface area contributed by atoms with E-state index in [2.05, 4.69) is 0 Å². The van der Waals surface area contributed by atoms with E-state index in [0.29, 0.717) is 0 Å². The Balaban J connectivity index is 1.76. The van der Waals surface area contributed by atoms with E-state index >= 15 is 0 Å². The number of carbonyl (C=O) groups is 2. The van der Waals surface area contributed by atoms with Crippen LogP contribution in [0.1, 0.15) is 26.7 Å². The van der Waals surface area contributed by atoms with Gasteiger partial charge in [0.05, 0.1) is 22.4 Å². The molecule has 4 atom stereocenters. The van der Waals surface area contributed by atoms with Crippen molar-refractivity contribution in [2.75, 3.05) is 4.90 Å². The summed E-state index contributed by atoms with van der Waals surface area (Å²) in [6.07, 6.45) is 1.86. The number of imide groups is 1. The Morgan fingerprint density at radius 3 is 2.20 bits per heavy atom. The van der Waals surface area contributed by atoms with Gasteiger partial charge in [-0.25, -0.2) is 4.90 Å². The summed E-state index contributed by atoms with van der Waals surface area (Å²) in [6, 6.07) is 4.07. The molecule has 0 N–H and O–H groups in total. The number of rotatable bonds is 2. The lowest BCUT2D eigenvalue weighted by Gasteiger charge is -2.19. The fourth-order valence-corrected chi connectivity index (χ4v) is 5.21. The van der Waals surface area contributed by atoms with E-state index in [-0.39, 0.29) is 51.9 Å². The van der Waals surface area contributed by atoms with Crippen molar-refractivity contribution in [2.45, 2.75) is 26.7 Å². The number of nitro groups is 1. The molecule has 2 aliphatic carbocycles. The minimum Gasteiger partial charge on any atom is -0.274 e. The van der Waals surface area contributed by atoms with Gasteiger partial charge in [0.1, 0.15) is 5.02 Å². The summed E-state index contributed by atoms with van der Waals surface area (Å²) < 4.78 is 0. The summed E-state index contributed by atoms with van der Waals surface area (Å²) in [5.74, 6) is -0.876. The van der Waals surface area contributed by atoms with Crippen molar-refractivity contribution < 1.29 is 14.5 Å². The van der Waals surface area contributed by atoms with E-state index in [0.717, 1.165) is 17.7 Å². The van der Waals surface area contributed by atoms with Crippen LogP contribution >= 0.6 is 11.6 Å². The topological polar surface area (TPSA) is 80.5 Å². The summed E-state index contributed by atoms with van der Waals surface area (Å²) in [5.41, 5.74) is 2.41. The number of nitrogens with zero attached hydrogens (tertiary/aromatic N) is 2. The van der Waals surface area contributed by atoms with Crippen LogP contribution in [0.15, 0.2) is 29.3 Å². The zero-order valence-electron chi connectivity index (χ0n) is 13.9. The number of allylic oxidation sites excluding steroid dienone is 2. The third-order valence-electron chi connectivity index (χ3n) is 5.81. The van der Waals surface area contributed by atoms with Gasteiger partial charge in [0.15, 0.2) is 0 Å². The van der Waals surface area contributed by atoms with Crippen LogP contribution in [0.2, 0.25) is 5.02 Å². The van der Waals surface area contributed by atoms with Crippen molar-refractivity contribution in [2.24, 2.45) is 23.7 Å². The molecule has 2 bridgehead atoms. The van der Waals surface area contributed by atoms with E-state index in [9.17, 15) is 19.7 Å². The van der Waals surface area contributed by atoms with Gasteiger partial charge in [-0.2, -0.15) is 0 Å². The zero-order chi connectivity index (χ0) is 18.0. The molecule has 2 saturated carbocycles. The molecule has 2 amide bonds. The molecule has 0 aromatic heterocycles. The van der Waals surface area contributed by atoms with Gasteiger partial charge in [0.25, 0.3) is 5.69 Å². The fraction of sp³-hybridized carbons (Fsp3) is 0.444. The van der Waals surface area contributed by atoms with E-state index in [1.807, 2.05) is 13.8 Å². The van der Waals surface area contributed by atoms with Gasteiger partial charge in [0.2, 0.25) is 11.8 Å². The molecule has 1 aliphatic heterocycles. The maximum absolute atomic E-state index is 13.0. The first-order valence-corrected chi connectivity index (χ1v) is 8.69. The molecule has 0 unspecified atom stereocenters. The summed E-state index contributed by atoms with van der Waals surface area (Å²) in [6.45, 7) is 4.08. The highest BCUT2D eigenvalue weighted by Gasteiger charge is 2.63. The normalized spacial score (nSPS) is 30.2. The largest absolute Gasteiger partial charge is 0.289 e. The van der Waals surface area contributed by atoms with Crippen LogP contribution < -0.4 is 4.90 Å². The molecule has 3 fully saturated rings. The molecule has 3 aliphatic rings. The molecule has 0 spiro atoms. The lowest BCUT2D eigenvalue weighted by Crippen LogP contribution is -2.33. The average molecular weight is 361 g/mol. The average Bonchev–Trinajstić information content (AvgIpc) is 3.18. The van der Waals surface area contributed by atoms with Crippen LogP contribution in [0.3, 0.4) is 0 Å². The van der Waals surface area contributed by atoms with Gasteiger partial charge in [-0.05, 0) is 50.7 Å². The molecule has 25 heavy (non-hydrogen) atoms. The number of hydrogen-bond acceptors (Lipinski definition) is 4. The minimum atomic E-state index is -0.608. The monoisotopic (exact) mass is 360 g/mol. The third kappa shape index (κ3) is 2.10. The first-order chi connectivity index (χ1) is 11.8. The summed E-state index contributed by atoms with van der Waals surface area (Å²) >= 11 is 5.84. The van der Waals surface area contributed by atoms with Crippen LogP contribution in [0.25, 0.3) is 0 Å². The Bertz CT molecular complexity index is 827. The number of amides is 2. The van der Waals surface area contributed by atoms with Crippen molar-refractivity contribution in [3.8, 4) is 0 Å². The standard InChI is InChI=1S/C18H17ClN2O4/c1-8(2)14-10-4-5-11(14)16-15(10)17(22)20(18(16)23)9-3-6-12(19)13(7-9)21(24)25/h3,6-7,10-11,15-16H,4-5H2,1-2H3/t10-,11-,15-,16+/m1/s1. The first-order valence-electron chi connectivity index (χ1n) is 8.32. The van der Waals surface area contributed by atoms with Gasteiger partial charge < -0.3 is 0 Å². The Hall–Kier alpha value is -2.21. The zero-order valence-corrected chi connectivity index (χ0v) is 14.6. The van der Waals surface area contributed by atoms with E-state index < -0.39 is 4.92 Å². The summed E-state index contributed by atoms with van der Waals surface area (Å²) in [5, 5.41) is 11.1. The number of hydrogen-bond donors (Lipinski definition) is 0. The van der Waals surface area contributed by atoms with Crippen molar-refractivity contribution in [3.63, 3.8) is 0 Å².